The third-order valence-corrected chi connectivity index (χ3v) is 3.15. The number of rotatable bonds is 3. The van der Waals surface area contributed by atoms with Gasteiger partial charge in [0.2, 0.25) is 0 Å². The van der Waals surface area contributed by atoms with E-state index in [1.165, 1.54) is 6.20 Å². The minimum atomic E-state index is -1.38. The van der Waals surface area contributed by atoms with Crippen molar-refractivity contribution in [3.8, 4) is 12.3 Å². The minimum absolute atomic E-state index is 0.0395. The Morgan fingerprint density at radius 3 is 2.65 bits per heavy atom. The second kappa shape index (κ2) is 5.60. The Balaban J connectivity index is 2.43. The van der Waals surface area contributed by atoms with Crippen LogP contribution < -0.4 is 11.2 Å². The van der Waals surface area contributed by atoms with Crippen LogP contribution in [-0.2, 0) is 11.3 Å². The predicted molar refractivity (Wildman–Crippen MR) is 66.9 cm³/mol. The molecule has 0 aliphatic carbocycles. The number of hydrogen-bond donors (Lipinski definition) is 4. The topological polar surface area (TPSA) is 125 Å². The highest BCUT2D eigenvalue weighted by molar-refractivity contribution is 5.14. The summed E-state index contributed by atoms with van der Waals surface area (Å²) in [4.78, 5) is 25.3. The summed E-state index contributed by atoms with van der Waals surface area (Å²) in [6.45, 7) is -0.561. The number of aromatic amines is 1. The molecule has 0 spiro atoms. The second-order valence-corrected chi connectivity index (χ2v) is 4.43. The van der Waals surface area contributed by atoms with Gasteiger partial charge in [0.05, 0.1) is 18.7 Å². The van der Waals surface area contributed by atoms with E-state index in [2.05, 4.69) is 10.9 Å². The van der Waals surface area contributed by atoms with Gasteiger partial charge in [0.15, 0.2) is 0 Å². The Hall–Kier alpha value is -1.92. The molecule has 8 nitrogen and oxygen atoms in total. The maximum atomic E-state index is 11.8. The average Bonchev–Trinajstić information content (AvgIpc) is 2.70. The molecule has 0 amide bonds. The minimum Gasteiger partial charge on any atom is -0.394 e. The number of aliphatic hydroxyl groups is 3. The lowest BCUT2D eigenvalue weighted by Crippen LogP contribution is -2.36. The first kappa shape index (κ1) is 14.5. The molecule has 0 bridgehead atoms. The summed E-state index contributed by atoms with van der Waals surface area (Å²) in [5, 5.41) is 28.5. The van der Waals surface area contributed by atoms with Crippen molar-refractivity contribution in [3.05, 3.63) is 32.6 Å². The van der Waals surface area contributed by atoms with Gasteiger partial charge in [-0.2, -0.15) is 0 Å². The van der Waals surface area contributed by atoms with Crippen molar-refractivity contribution in [2.45, 2.75) is 31.0 Å². The van der Waals surface area contributed by atoms with Crippen LogP contribution in [0, 0.1) is 12.3 Å². The molecule has 8 heteroatoms. The van der Waals surface area contributed by atoms with E-state index in [1.807, 2.05) is 0 Å². The van der Waals surface area contributed by atoms with Gasteiger partial charge >= 0.3 is 5.69 Å². The molecule has 1 aromatic heterocycles. The molecule has 0 aromatic carbocycles. The number of hydrogen-bond acceptors (Lipinski definition) is 6. The number of nitrogens with one attached hydrogen (secondary N) is 1. The fraction of sp³-hybridized carbons (Fsp3) is 0.500. The van der Waals surface area contributed by atoms with Gasteiger partial charge in [0, 0.05) is 6.20 Å². The molecule has 4 N–H and O–H groups in total. The van der Waals surface area contributed by atoms with Gasteiger partial charge in [0.1, 0.15) is 24.4 Å². The fourth-order valence-corrected chi connectivity index (χ4v) is 2.10. The van der Waals surface area contributed by atoms with Crippen LogP contribution in [0.5, 0.6) is 0 Å². The van der Waals surface area contributed by atoms with Gasteiger partial charge in [-0.3, -0.25) is 14.3 Å². The number of aliphatic hydroxyl groups excluding tert-OH is 3. The Kier molecular flexibility index (Phi) is 4.06. The first-order valence-corrected chi connectivity index (χ1v) is 5.89. The lowest BCUT2D eigenvalue weighted by Gasteiger charge is -2.14. The Labute approximate surface area is 113 Å². The van der Waals surface area contributed by atoms with Gasteiger partial charge in [-0.1, -0.05) is 5.92 Å². The van der Waals surface area contributed by atoms with Crippen molar-refractivity contribution < 1.29 is 20.1 Å². The van der Waals surface area contributed by atoms with Crippen LogP contribution in [0.2, 0.25) is 0 Å². The monoisotopic (exact) mass is 282 g/mol. The first-order chi connectivity index (χ1) is 9.49. The van der Waals surface area contributed by atoms with Crippen molar-refractivity contribution in [1.82, 2.24) is 9.55 Å². The van der Waals surface area contributed by atoms with E-state index < -0.39 is 42.3 Å². The van der Waals surface area contributed by atoms with Gasteiger partial charge in [0.25, 0.3) is 5.56 Å². The quantitative estimate of drug-likeness (QED) is 0.448. The van der Waals surface area contributed by atoms with Crippen molar-refractivity contribution >= 4 is 0 Å². The molecule has 0 saturated carbocycles. The van der Waals surface area contributed by atoms with E-state index in [4.69, 9.17) is 16.3 Å². The molecule has 1 saturated heterocycles. The largest absolute Gasteiger partial charge is 0.394 e. The van der Waals surface area contributed by atoms with Crippen LogP contribution in [0.15, 0.2) is 15.8 Å². The van der Waals surface area contributed by atoms with Crippen LogP contribution in [0.25, 0.3) is 0 Å². The zero-order valence-electron chi connectivity index (χ0n) is 10.4. The maximum Gasteiger partial charge on any atom is 0.329 e. The number of ether oxygens (including phenoxy) is 1. The molecule has 1 aliphatic heterocycles. The van der Waals surface area contributed by atoms with Crippen LogP contribution in [0.3, 0.4) is 0 Å². The molecule has 108 valence electrons. The Morgan fingerprint density at radius 1 is 1.40 bits per heavy atom. The summed E-state index contributed by atoms with van der Waals surface area (Å²) in [5.74, 6) is 2.25. The van der Waals surface area contributed by atoms with Gasteiger partial charge in [-0.05, 0) is 0 Å². The molecule has 4 atom stereocenters. The molecule has 2 heterocycles. The van der Waals surface area contributed by atoms with E-state index in [0.717, 1.165) is 4.57 Å². The molecule has 1 aliphatic rings. The molecule has 2 unspecified atom stereocenters. The van der Waals surface area contributed by atoms with E-state index >= 15 is 0 Å². The number of terminal acetylenes is 1. The first-order valence-electron chi connectivity index (χ1n) is 5.89. The highest BCUT2D eigenvalue weighted by Crippen LogP contribution is 2.31. The Bertz CT molecular complexity index is 643. The SMILES string of the molecule is C#CCn1cc([C@@H]2O[C@H](CO)C(O)C2O)c(=O)[nH]c1=O. The third-order valence-electron chi connectivity index (χ3n) is 3.15. The van der Waals surface area contributed by atoms with Gasteiger partial charge < -0.3 is 20.1 Å². The summed E-state index contributed by atoms with van der Waals surface area (Å²) in [6.07, 6.45) is 1.44. The molecule has 1 fully saturated rings. The highest BCUT2D eigenvalue weighted by Gasteiger charge is 2.44. The van der Waals surface area contributed by atoms with Crippen molar-refractivity contribution in [3.63, 3.8) is 0 Å². The van der Waals surface area contributed by atoms with E-state index in [1.54, 1.807) is 0 Å². The third kappa shape index (κ3) is 2.39. The van der Waals surface area contributed by atoms with Crippen molar-refractivity contribution in [1.29, 1.82) is 0 Å². The number of nitrogens with zero attached hydrogens (tertiary/aromatic N) is 1. The van der Waals surface area contributed by atoms with Crippen LogP contribution in [-0.4, -0.2) is 49.8 Å². The smallest absolute Gasteiger partial charge is 0.329 e. The van der Waals surface area contributed by atoms with E-state index in [-0.39, 0.29) is 12.1 Å². The normalized spacial score (nSPS) is 29.3. The maximum absolute atomic E-state index is 11.8. The molecular weight excluding hydrogens is 268 g/mol. The zero-order chi connectivity index (χ0) is 14.9. The predicted octanol–water partition coefficient (Wildman–Crippen LogP) is -2.68. The van der Waals surface area contributed by atoms with E-state index in [0.29, 0.717) is 0 Å². The molecular formula is C12H14N2O6. The summed E-state index contributed by atoms with van der Waals surface area (Å²) < 4.78 is 6.31. The van der Waals surface area contributed by atoms with Crippen LogP contribution in [0.1, 0.15) is 11.7 Å². The summed E-state index contributed by atoms with van der Waals surface area (Å²) in [6, 6.07) is 0. The van der Waals surface area contributed by atoms with Crippen LogP contribution in [0.4, 0.5) is 0 Å². The molecule has 2 rings (SSSR count). The zero-order valence-corrected chi connectivity index (χ0v) is 10.4. The van der Waals surface area contributed by atoms with Gasteiger partial charge in [-0.15, -0.1) is 6.42 Å². The molecule has 0 radical (unpaired) electrons. The number of aromatic nitrogens is 2. The number of H-pyrrole nitrogens is 1. The van der Waals surface area contributed by atoms with Gasteiger partial charge in [-0.25, -0.2) is 4.79 Å². The lowest BCUT2D eigenvalue weighted by molar-refractivity contribution is -0.0233. The average molecular weight is 282 g/mol. The van der Waals surface area contributed by atoms with Crippen LogP contribution >= 0.6 is 0 Å². The standard InChI is InChI=1S/C12H14N2O6/c1-2-3-14-4-6(11(18)13-12(14)19)10-9(17)8(16)7(5-15)20-10/h1,4,7-10,15-17H,3,5H2,(H,13,18,19)/t7-,8?,9?,10+/m1/s1. The fourth-order valence-electron chi connectivity index (χ4n) is 2.10. The molecule has 20 heavy (non-hydrogen) atoms. The summed E-state index contributed by atoms with van der Waals surface area (Å²) >= 11 is 0. The highest BCUT2D eigenvalue weighted by atomic mass is 16.6. The second-order valence-electron chi connectivity index (χ2n) is 4.43. The van der Waals surface area contributed by atoms with E-state index in [9.17, 15) is 19.8 Å². The summed E-state index contributed by atoms with van der Waals surface area (Å²) in [7, 11) is 0. The van der Waals surface area contributed by atoms with Crippen molar-refractivity contribution in [2.75, 3.05) is 6.61 Å². The lowest BCUT2D eigenvalue weighted by atomic mass is 10.0. The molecule has 1 aromatic rings. The Morgan fingerprint density at radius 2 is 2.10 bits per heavy atom. The summed E-state index contributed by atoms with van der Waals surface area (Å²) in [5.41, 5.74) is -1.45. The van der Waals surface area contributed by atoms with Crippen molar-refractivity contribution in [2.24, 2.45) is 0 Å².